The molecular formula is C14H21NO3S. The van der Waals surface area contributed by atoms with Crippen molar-refractivity contribution in [2.24, 2.45) is 0 Å². The van der Waals surface area contributed by atoms with E-state index in [1.165, 1.54) is 0 Å². The lowest BCUT2D eigenvalue weighted by molar-refractivity contribution is 0.155. The van der Waals surface area contributed by atoms with Crippen LogP contribution in [0.4, 0.5) is 0 Å². The number of hydrogen-bond donors (Lipinski definition) is 2. The Bertz CT molecular complexity index is 527. The van der Waals surface area contributed by atoms with Gasteiger partial charge < -0.3 is 10.4 Å². The van der Waals surface area contributed by atoms with E-state index in [9.17, 15) is 13.5 Å². The van der Waals surface area contributed by atoms with Crippen LogP contribution in [0.3, 0.4) is 0 Å². The summed E-state index contributed by atoms with van der Waals surface area (Å²) in [5.74, 6) is 0.172. The number of aliphatic hydroxyl groups is 1. The highest BCUT2D eigenvalue weighted by molar-refractivity contribution is 7.91. The van der Waals surface area contributed by atoms with E-state index in [1.807, 2.05) is 19.1 Å². The van der Waals surface area contributed by atoms with E-state index < -0.39 is 9.84 Å². The second-order valence-corrected chi connectivity index (χ2v) is 7.13. The van der Waals surface area contributed by atoms with Gasteiger partial charge in [0.15, 0.2) is 9.84 Å². The van der Waals surface area contributed by atoms with Crippen LogP contribution >= 0.6 is 0 Å². The molecule has 5 heteroatoms. The molecule has 2 rings (SSSR count). The highest BCUT2D eigenvalue weighted by Crippen LogP contribution is 2.31. The quantitative estimate of drug-likeness (QED) is 0.862. The molecule has 1 aliphatic rings. The molecule has 0 saturated heterocycles. The summed E-state index contributed by atoms with van der Waals surface area (Å²) in [6.07, 6.45) is 1.91. The van der Waals surface area contributed by atoms with Crippen LogP contribution < -0.4 is 5.32 Å². The Morgan fingerprint density at radius 3 is 2.89 bits per heavy atom. The summed E-state index contributed by atoms with van der Waals surface area (Å²) < 4.78 is 24.0. The fraction of sp³-hybridized carbons (Fsp3) is 0.571. The van der Waals surface area contributed by atoms with Gasteiger partial charge in [0.1, 0.15) is 0 Å². The summed E-state index contributed by atoms with van der Waals surface area (Å²) in [6.45, 7) is 2.54. The first-order chi connectivity index (χ1) is 9.04. The van der Waals surface area contributed by atoms with Crippen molar-refractivity contribution in [1.82, 2.24) is 5.32 Å². The smallest absolute Gasteiger partial charge is 0.178 e. The van der Waals surface area contributed by atoms with Crippen LogP contribution in [0.5, 0.6) is 0 Å². The van der Waals surface area contributed by atoms with Gasteiger partial charge >= 0.3 is 0 Å². The van der Waals surface area contributed by atoms with Gasteiger partial charge in [-0.25, -0.2) is 8.42 Å². The Balaban J connectivity index is 2.12. The second kappa shape index (κ2) is 6.03. The van der Waals surface area contributed by atoms with Crippen LogP contribution in [0.1, 0.15) is 37.8 Å². The molecule has 0 aliphatic carbocycles. The predicted octanol–water partition coefficient (Wildman–Crippen LogP) is 1.66. The zero-order chi connectivity index (χ0) is 13.9. The van der Waals surface area contributed by atoms with Crippen LogP contribution in [-0.4, -0.2) is 31.9 Å². The van der Waals surface area contributed by atoms with Gasteiger partial charge in [-0.3, -0.25) is 0 Å². The molecule has 0 spiro atoms. The molecule has 1 aromatic rings. The topological polar surface area (TPSA) is 66.4 Å². The maximum absolute atomic E-state index is 12.0. The number of aliphatic hydroxyl groups excluding tert-OH is 1. The normalized spacial score (nSPS) is 22.7. The highest BCUT2D eigenvalue weighted by atomic mass is 32.2. The summed E-state index contributed by atoms with van der Waals surface area (Å²) in [5.41, 5.74) is 0.831. The first-order valence-electron chi connectivity index (χ1n) is 6.77. The van der Waals surface area contributed by atoms with Gasteiger partial charge in [0, 0.05) is 12.6 Å². The third-order valence-corrected chi connectivity index (χ3v) is 5.34. The Morgan fingerprint density at radius 2 is 2.16 bits per heavy atom. The Labute approximate surface area is 114 Å². The van der Waals surface area contributed by atoms with Crippen LogP contribution in [0.15, 0.2) is 29.2 Å². The SMILES string of the molecule is CCCC(O)CNC1CCS(=O)(=O)c2ccccc21. The summed E-state index contributed by atoms with van der Waals surface area (Å²) in [6, 6.07) is 7.16. The molecule has 1 heterocycles. The maximum atomic E-state index is 12.0. The van der Waals surface area contributed by atoms with Gasteiger partial charge in [-0.15, -0.1) is 0 Å². The molecular weight excluding hydrogens is 262 g/mol. The van der Waals surface area contributed by atoms with E-state index in [1.54, 1.807) is 12.1 Å². The van der Waals surface area contributed by atoms with Crippen molar-refractivity contribution in [3.63, 3.8) is 0 Å². The Morgan fingerprint density at radius 1 is 1.42 bits per heavy atom. The minimum absolute atomic E-state index is 0.0197. The Kier molecular flexibility index (Phi) is 4.60. The number of sulfone groups is 1. The fourth-order valence-corrected chi connectivity index (χ4v) is 4.14. The standard InChI is InChI=1S/C14H21NO3S/c1-2-5-11(16)10-15-13-8-9-19(17,18)14-7-4-3-6-12(13)14/h3-4,6-7,11,13,15-16H,2,5,8-10H2,1H3. The van der Waals surface area contributed by atoms with Crippen molar-refractivity contribution in [2.45, 2.75) is 43.2 Å². The van der Waals surface area contributed by atoms with Gasteiger partial charge in [0.2, 0.25) is 0 Å². The first-order valence-corrected chi connectivity index (χ1v) is 8.43. The van der Waals surface area contributed by atoms with Crippen molar-refractivity contribution >= 4 is 9.84 Å². The van der Waals surface area contributed by atoms with Crippen molar-refractivity contribution in [2.75, 3.05) is 12.3 Å². The molecule has 0 saturated carbocycles. The monoisotopic (exact) mass is 283 g/mol. The zero-order valence-electron chi connectivity index (χ0n) is 11.2. The van der Waals surface area contributed by atoms with Crippen molar-refractivity contribution in [3.8, 4) is 0 Å². The molecule has 106 valence electrons. The average molecular weight is 283 g/mol. The molecule has 0 aromatic heterocycles. The largest absolute Gasteiger partial charge is 0.392 e. The number of rotatable bonds is 5. The second-order valence-electron chi connectivity index (χ2n) is 5.05. The van der Waals surface area contributed by atoms with E-state index in [0.29, 0.717) is 17.9 Å². The average Bonchev–Trinajstić information content (AvgIpc) is 2.38. The summed E-state index contributed by atoms with van der Waals surface area (Å²) in [5, 5.41) is 13.0. The zero-order valence-corrected chi connectivity index (χ0v) is 12.0. The third-order valence-electron chi connectivity index (χ3n) is 3.53. The first kappa shape index (κ1) is 14.5. The van der Waals surface area contributed by atoms with E-state index in [2.05, 4.69) is 5.32 Å². The van der Waals surface area contributed by atoms with Gasteiger partial charge in [-0.1, -0.05) is 31.5 Å². The van der Waals surface area contributed by atoms with Crippen molar-refractivity contribution in [3.05, 3.63) is 29.8 Å². The van der Waals surface area contributed by atoms with Gasteiger partial charge in [-0.05, 0) is 24.5 Å². The van der Waals surface area contributed by atoms with E-state index in [4.69, 9.17) is 0 Å². The van der Waals surface area contributed by atoms with Crippen LogP contribution in [0.25, 0.3) is 0 Å². The van der Waals surface area contributed by atoms with Crippen LogP contribution in [0.2, 0.25) is 0 Å². The predicted molar refractivity (Wildman–Crippen MR) is 74.8 cm³/mol. The fourth-order valence-electron chi connectivity index (χ4n) is 2.52. The molecule has 0 radical (unpaired) electrons. The molecule has 1 aromatic carbocycles. The minimum Gasteiger partial charge on any atom is -0.392 e. The van der Waals surface area contributed by atoms with Gasteiger partial charge in [-0.2, -0.15) is 0 Å². The molecule has 2 atom stereocenters. The van der Waals surface area contributed by atoms with E-state index in [0.717, 1.165) is 18.4 Å². The molecule has 2 unspecified atom stereocenters. The molecule has 19 heavy (non-hydrogen) atoms. The van der Waals surface area contributed by atoms with Crippen LogP contribution in [0, 0.1) is 0 Å². The minimum atomic E-state index is -3.13. The molecule has 0 amide bonds. The number of hydrogen-bond acceptors (Lipinski definition) is 4. The molecule has 4 nitrogen and oxygen atoms in total. The Hall–Kier alpha value is -0.910. The molecule has 1 aliphatic heterocycles. The van der Waals surface area contributed by atoms with E-state index >= 15 is 0 Å². The highest BCUT2D eigenvalue weighted by Gasteiger charge is 2.29. The van der Waals surface area contributed by atoms with Gasteiger partial charge in [0.25, 0.3) is 0 Å². The van der Waals surface area contributed by atoms with Gasteiger partial charge in [0.05, 0.1) is 16.8 Å². The van der Waals surface area contributed by atoms with E-state index in [-0.39, 0.29) is 17.9 Å². The van der Waals surface area contributed by atoms with Crippen molar-refractivity contribution in [1.29, 1.82) is 0 Å². The maximum Gasteiger partial charge on any atom is 0.178 e. The lowest BCUT2D eigenvalue weighted by atomic mass is 10.0. The molecule has 2 N–H and O–H groups in total. The number of benzene rings is 1. The number of fused-ring (bicyclic) bond motifs is 1. The summed E-state index contributed by atoms with van der Waals surface area (Å²) in [7, 11) is -3.13. The molecule has 0 fully saturated rings. The third kappa shape index (κ3) is 3.35. The molecule has 0 bridgehead atoms. The summed E-state index contributed by atoms with van der Waals surface area (Å²) >= 11 is 0. The van der Waals surface area contributed by atoms with Crippen molar-refractivity contribution < 1.29 is 13.5 Å². The number of nitrogens with one attached hydrogen (secondary N) is 1. The lowest BCUT2D eigenvalue weighted by Crippen LogP contribution is -2.34. The summed E-state index contributed by atoms with van der Waals surface area (Å²) in [4.78, 5) is 0.434. The van der Waals surface area contributed by atoms with Crippen LogP contribution in [-0.2, 0) is 9.84 Å². The lowest BCUT2D eigenvalue weighted by Gasteiger charge is -2.27.